The fraction of sp³-hybridized carbons (Fsp3) is 0.846. The van der Waals surface area contributed by atoms with E-state index in [1.54, 1.807) is 23.6 Å². The number of thioether (sulfide) groups is 1. The van der Waals surface area contributed by atoms with Crippen molar-refractivity contribution in [3.63, 3.8) is 0 Å². The second-order valence-corrected chi connectivity index (χ2v) is 6.70. The first-order valence-corrected chi connectivity index (χ1v) is 7.97. The van der Waals surface area contributed by atoms with E-state index < -0.39 is 11.4 Å². The third-order valence-electron chi connectivity index (χ3n) is 3.90. The average Bonchev–Trinajstić information content (AvgIpc) is 2.39. The minimum absolute atomic E-state index is 0.0688. The van der Waals surface area contributed by atoms with Crippen LogP contribution in [0.15, 0.2) is 0 Å². The summed E-state index contributed by atoms with van der Waals surface area (Å²) in [6.45, 7) is 5.60. The molecular formula is C13H24N2O3S. The lowest BCUT2D eigenvalue weighted by Crippen LogP contribution is -2.48. The molecule has 0 radical (unpaired) electrons. The van der Waals surface area contributed by atoms with Gasteiger partial charge in [-0.25, -0.2) is 4.79 Å². The molecule has 0 spiro atoms. The van der Waals surface area contributed by atoms with Gasteiger partial charge in [0, 0.05) is 24.9 Å². The molecule has 1 rings (SSSR count). The summed E-state index contributed by atoms with van der Waals surface area (Å²) in [5.74, 6) is -0.763. The second kappa shape index (κ2) is 7.03. The molecule has 0 aromatic carbocycles. The number of carboxylic acids is 1. The fourth-order valence-corrected chi connectivity index (χ4v) is 2.38. The first kappa shape index (κ1) is 16.1. The Morgan fingerprint density at radius 3 is 2.47 bits per heavy atom. The van der Waals surface area contributed by atoms with Gasteiger partial charge in [0.05, 0.1) is 5.41 Å². The number of hydrogen-bond acceptors (Lipinski definition) is 3. The number of piperidine rings is 1. The predicted molar refractivity (Wildman–Crippen MR) is 77.5 cm³/mol. The van der Waals surface area contributed by atoms with E-state index in [9.17, 15) is 9.59 Å². The summed E-state index contributed by atoms with van der Waals surface area (Å²) < 4.78 is 0. The Hall–Kier alpha value is -0.910. The van der Waals surface area contributed by atoms with Crippen LogP contribution in [-0.4, -0.2) is 53.1 Å². The molecule has 1 saturated heterocycles. The zero-order valence-corrected chi connectivity index (χ0v) is 12.8. The topological polar surface area (TPSA) is 69.6 Å². The number of carbonyl (C=O) groups excluding carboxylic acids is 1. The van der Waals surface area contributed by atoms with Crippen molar-refractivity contribution in [2.24, 2.45) is 5.41 Å². The van der Waals surface area contributed by atoms with E-state index in [1.165, 1.54) is 0 Å². The van der Waals surface area contributed by atoms with Crippen LogP contribution in [0.25, 0.3) is 0 Å². The lowest BCUT2D eigenvalue weighted by atomic mass is 9.80. The van der Waals surface area contributed by atoms with Gasteiger partial charge in [0.2, 0.25) is 0 Å². The van der Waals surface area contributed by atoms with Crippen molar-refractivity contribution >= 4 is 23.8 Å². The summed E-state index contributed by atoms with van der Waals surface area (Å²) in [7, 11) is 0. The molecule has 2 N–H and O–H groups in total. The van der Waals surface area contributed by atoms with E-state index >= 15 is 0 Å². The van der Waals surface area contributed by atoms with E-state index in [-0.39, 0.29) is 6.03 Å². The minimum Gasteiger partial charge on any atom is -0.481 e. The molecule has 1 aliphatic heterocycles. The van der Waals surface area contributed by atoms with Gasteiger partial charge >= 0.3 is 12.0 Å². The van der Waals surface area contributed by atoms with Gasteiger partial charge in [-0.05, 0) is 32.4 Å². The molecular weight excluding hydrogens is 264 g/mol. The van der Waals surface area contributed by atoms with Gasteiger partial charge in [0.15, 0.2) is 0 Å². The van der Waals surface area contributed by atoms with E-state index in [2.05, 4.69) is 18.5 Å². The Morgan fingerprint density at radius 2 is 2.00 bits per heavy atom. The molecule has 110 valence electrons. The van der Waals surface area contributed by atoms with Crippen LogP contribution in [0.5, 0.6) is 0 Å². The number of carboxylic acid groups (broad SMARTS) is 1. The van der Waals surface area contributed by atoms with Crippen molar-refractivity contribution in [1.82, 2.24) is 10.2 Å². The van der Waals surface area contributed by atoms with E-state index in [1.807, 2.05) is 0 Å². The molecule has 1 heterocycles. The van der Waals surface area contributed by atoms with Crippen LogP contribution in [0.4, 0.5) is 4.79 Å². The second-order valence-electron chi connectivity index (χ2n) is 5.42. The molecule has 2 amide bonds. The SMILES string of the molecule is CSC(C)CCNC(=O)N1CCC(C)(C(=O)O)CC1. The van der Waals surface area contributed by atoms with Crippen LogP contribution >= 0.6 is 11.8 Å². The van der Waals surface area contributed by atoms with Crippen molar-refractivity contribution in [3.05, 3.63) is 0 Å². The van der Waals surface area contributed by atoms with Gasteiger partial charge in [-0.1, -0.05) is 6.92 Å². The normalized spacial score (nSPS) is 19.8. The van der Waals surface area contributed by atoms with Crippen LogP contribution in [-0.2, 0) is 4.79 Å². The summed E-state index contributed by atoms with van der Waals surface area (Å²) >= 11 is 1.78. The highest BCUT2D eigenvalue weighted by molar-refractivity contribution is 7.99. The van der Waals surface area contributed by atoms with Crippen LogP contribution in [0, 0.1) is 5.41 Å². The third-order valence-corrected chi connectivity index (χ3v) is 4.94. The van der Waals surface area contributed by atoms with Crippen molar-refractivity contribution < 1.29 is 14.7 Å². The van der Waals surface area contributed by atoms with Crippen LogP contribution in [0.3, 0.4) is 0 Å². The molecule has 1 unspecified atom stereocenters. The lowest BCUT2D eigenvalue weighted by molar-refractivity contribution is -0.150. The number of nitrogens with one attached hydrogen (secondary N) is 1. The first-order chi connectivity index (χ1) is 8.89. The van der Waals surface area contributed by atoms with Gasteiger partial charge in [0.1, 0.15) is 0 Å². The molecule has 1 fully saturated rings. The molecule has 19 heavy (non-hydrogen) atoms. The Balaban J connectivity index is 2.31. The Kier molecular flexibility index (Phi) is 5.97. The quantitative estimate of drug-likeness (QED) is 0.812. The molecule has 1 aliphatic rings. The van der Waals surface area contributed by atoms with Crippen molar-refractivity contribution in [2.45, 2.75) is 38.4 Å². The van der Waals surface area contributed by atoms with Crippen molar-refractivity contribution in [3.8, 4) is 0 Å². The highest BCUT2D eigenvalue weighted by Crippen LogP contribution is 2.30. The highest BCUT2D eigenvalue weighted by Gasteiger charge is 2.37. The third kappa shape index (κ3) is 4.60. The smallest absolute Gasteiger partial charge is 0.317 e. The highest BCUT2D eigenvalue weighted by atomic mass is 32.2. The summed E-state index contributed by atoms with van der Waals surface area (Å²) in [5.41, 5.74) is -0.676. The summed E-state index contributed by atoms with van der Waals surface area (Å²) in [6, 6.07) is -0.0688. The average molecular weight is 288 g/mol. The van der Waals surface area contributed by atoms with E-state index in [0.29, 0.717) is 37.7 Å². The molecule has 1 atom stereocenters. The van der Waals surface area contributed by atoms with E-state index in [4.69, 9.17) is 5.11 Å². The maximum atomic E-state index is 11.9. The zero-order valence-electron chi connectivity index (χ0n) is 11.9. The molecule has 0 bridgehead atoms. The molecule has 0 aromatic rings. The van der Waals surface area contributed by atoms with Gasteiger partial charge in [-0.15, -0.1) is 0 Å². The van der Waals surface area contributed by atoms with Crippen LogP contribution in [0.2, 0.25) is 0 Å². The summed E-state index contributed by atoms with van der Waals surface area (Å²) in [4.78, 5) is 24.7. The molecule has 5 nitrogen and oxygen atoms in total. The molecule has 0 aliphatic carbocycles. The molecule has 0 aromatic heterocycles. The van der Waals surface area contributed by atoms with Gasteiger partial charge in [-0.3, -0.25) is 4.79 Å². The summed E-state index contributed by atoms with van der Waals surface area (Å²) in [6.07, 6.45) is 4.06. The van der Waals surface area contributed by atoms with Gasteiger partial charge in [0.25, 0.3) is 0 Å². The monoisotopic (exact) mass is 288 g/mol. The van der Waals surface area contributed by atoms with Crippen molar-refractivity contribution in [2.75, 3.05) is 25.9 Å². The predicted octanol–water partition coefficient (Wildman–Crippen LogP) is 2.02. The number of likely N-dealkylation sites (tertiary alicyclic amines) is 1. The van der Waals surface area contributed by atoms with Gasteiger partial charge in [-0.2, -0.15) is 11.8 Å². The van der Waals surface area contributed by atoms with Crippen LogP contribution in [0.1, 0.15) is 33.1 Å². The number of amides is 2. The minimum atomic E-state index is -0.763. The first-order valence-electron chi connectivity index (χ1n) is 6.68. The fourth-order valence-electron chi connectivity index (χ4n) is 2.03. The number of nitrogens with zero attached hydrogens (tertiary/aromatic N) is 1. The summed E-state index contributed by atoms with van der Waals surface area (Å²) in [5, 5.41) is 12.6. The Morgan fingerprint density at radius 1 is 1.42 bits per heavy atom. The largest absolute Gasteiger partial charge is 0.481 e. The Bertz CT molecular complexity index is 328. The number of urea groups is 1. The standard InChI is InChI=1S/C13H24N2O3S/c1-10(19-3)4-7-14-12(18)15-8-5-13(2,6-9-15)11(16)17/h10H,4-9H2,1-3H3,(H,14,18)(H,16,17). The number of carbonyl (C=O) groups is 2. The number of rotatable bonds is 5. The zero-order chi connectivity index (χ0) is 14.5. The maximum Gasteiger partial charge on any atom is 0.317 e. The Labute approximate surface area is 119 Å². The molecule has 0 saturated carbocycles. The van der Waals surface area contributed by atoms with E-state index in [0.717, 1.165) is 6.42 Å². The number of aliphatic carboxylic acids is 1. The maximum absolute atomic E-state index is 11.9. The molecule has 6 heteroatoms. The van der Waals surface area contributed by atoms with Crippen LogP contribution < -0.4 is 5.32 Å². The number of hydrogen-bond donors (Lipinski definition) is 2. The van der Waals surface area contributed by atoms with Crippen molar-refractivity contribution in [1.29, 1.82) is 0 Å². The lowest BCUT2D eigenvalue weighted by Gasteiger charge is -2.36. The van der Waals surface area contributed by atoms with Gasteiger partial charge < -0.3 is 15.3 Å².